The number of ether oxygens (including phenoxy) is 3. The van der Waals surface area contributed by atoms with Crippen LogP contribution in [0, 0.1) is 0 Å². The van der Waals surface area contributed by atoms with Crippen LogP contribution in [0.4, 0.5) is 5.69 Å². The number of benzene rings is 1. The van der Waals surface area contributed by atoms with E-state index in [0.29, 0.717) is 25.5 Å². The summed E-state index contributed by atoms with van der Waals surface area (Å²) in [6.45, 7) is 7.71. The van der Waals surface area contributed by atoms with Crippen LogP contribution in [0.15, 0.2) is 18.2 Å². The zero-order valence-corrected chi connectivity index (χ0v) is 11.7. The third kappa shape index (κ3) is 5.38. The van der Waals surface area contributed by atoms with Crippen LogP contribution in [-0.4, -0.2) is 25.9 Å². The number of hydrogen-bond donors (Lipinski definition) is 1. The molecule has 0 spiro atoms. The minimum absolute atomic E-state index is 0.123. The van der Waals surface area contributed by atoms with Gasteiger partial charge in [-0.3, -0.25) is 0 Å². The lowest BCUT2D eigenvalue weighted by Crippen LogP contribution is -2.21. The summed E-state index contributed by atoms with van der Waals surface area (Å²) in [4.78, 5) is 0. The Morgan fingerprint density at radius 3 is 2.50 bits per heavy atom. The Morgan fingerprint density at radius 2 is 1.89 bits per heavy atom. The summed E-state index contributed by atoms with van der Waals surface area (Å²) in [5.41, 5.74) is 7.24. The lowest BCUT2D eigenvalue weighted by molar-refractivity contribution is -0.0378. The third-order valence-corrected chi connectivity index (χ3v) is 2.33. The Balaban J connectivity index is 2.35. The maximum Gasteiger partial charge on any atom is 0.126 e. The van der Waals surface area contributed by atoms with E-state index in [2.05, 4.69) is 0 Å². The average molecular weight is 253 g/mol. The van der Waals surface area contributed by atoms with Crippen molar-refractivity contribution >= 4 is 5.69 Å². The number of nitrogen functional groups attached to an aromatic ring is 1. The fourth-order valence-corrected chi connectivity index (χ4v) is 1.47. The number of hydrogen-bond acceptors (Lipinski definition) is 4. The Hall–Kier alpha value is -1.26. The molecule has 2 N–H and O–H groups in total. The minimum Gasteiger partial charge on any atom is -0.496 e. The highest BCUT2D eigenvalue weighted by molar-refractivity contribution is 5.48. The fourth-order valence-electron chi connectivity index (χ4n) is 1.47. The smallest absolute Gasteiger partial charge is 0.126 e. The van der Waals surface area contributed by atoms with Crippen molar-refractivity contribution in [3.8, 4) is 5.75 Å². The number of anilines is 1. The van der Waals surface area contributed by atoms with Gasteiger partial charge in [-0.15, -0.1) is 0 Å². The number of rotatable bonds is 6. The van der Waals surface area contributed by atoms with Crippen molar-refractivity contribution in [2.75, 3.05) is 26.1 Å². The molecule has 102 valence electrons. The molecule has 0 aromatic heterocycles. The van der Waals surface area contributed by atoms with Crippen LogP contribution in [0.5, 0.6) is 5.75 Å². The fraction of sp³-hybridized carbons (Fsp3) is 0.571. The summed E-state index contributed by atoms with van der Waals surface area (Å²) in [7, 11) is 1.63. The molecule has 0 aliphatic heterocycles. The van der Waals surface area contributed by atoms with Gasteiger partial charge in [-0.25, -0.2) is 0 Å². The molecule has 1 aromatic carbocycles. The minimum atomic E-state index is -0.123. The van der Waals surface area contributed by atoms with E-state index in [-0.39, 0.29) is 5.60 Å². The zero-order chi connectivity index (χ0) is 13.6. The van der Waals surface area contributed by atoms with Crippen LogP contribution in [0.25, 0.3) is 0 Å². The summed E-state index contributed by atoms with van der Waals surface area (Å²) in [6, 6.07) is 5.55. The molecule has 0 aliphatic carbocycles. The van der Waals surface area contributed by atoms with Gasteiger partial charge in [0, 0.05) is 17.3 Å². The molecule has 0 heterocycles. The van der Waals surface area contributed by atoms with E-state index < -0.39 is 0 Å². The molecular weight excluding hydrogens is 230 g/mol. The van der Waals surface area contributed by atoms with Crippen LogP contribution in [0.3, 0.4) is 0 Å². The maximum atomic E-state index is 5.69. The summed E-state index contributed by atoms with van der Waals surface area (Å²) in [5, 5.41) is 0. The van der Waals surface area contributed by atoms with Crippen molar-refractivity contribution in [1.82, 2.24) is 0 Å². The van der Waals surface area contributed by atoms with Crippen molar-refractivity contribution in [3.63, 3.8) is 0 Å². The first kappa shape index (κ1) is 14.8. The van der Waals surface area contributed by atoms with Gasteiger partial charge in [0.25, 0.3) is 0 Å². The average Bonchev–Trinajstić information content (AvgIpc) is 2.28. The van der Waals surface area contributed by atoms with Gasteiger partial charge in [0.05, 0.1) is 32.5 Å². The number of methoxy groups -OCH3 is 1. The van der Waals surface area contributed by atoms with Crippen LogP contribution in [0.2, 0.25) is 0 Å². The topological polar surface area (TPSA) is 53.7 Å². The summed E-state index contributed by atoms with van der Waals surface area (Å²) in [5.74, 6) is 0.756. The highest BCUT2D eigenvalue weighted by Gasteiger charge is 2.09. The van der Waals surface area contributed by atoms with Crippen LogP contribution < -0.4 is 10.5 Å². The second-order valence-electron chi connectivity index (χ2n) is 5.08. The molecular formula is C14H23NO3. The summed E-state index contributed by atoms with van der Waals surface area (Å²) in [6.07, 6.45) is 0. The molecule has 0 saturated heterocycles. The highest BCUT2D eigenvalue weighted by Crippen LogP contribution is 2.22. The maximum absolute atomic E-state index is 5.69. The SMILES string of the molecule is COc1cc(N)ccc1COCCOC(C)(C)C. The Labute approximate surface area is 109 Å². The molecule has 0 unspecified atom stereocenters. The first-order valence-electron chi connectivity index (χ1n) is 6.06. The van der Waals surface area contributed by atoms with E-state index in [9.17, 15) is 0 Å². The van der Waals surface area contributed by atoms with Crippen molar-refractivity contribution in [3.05, 3.63) is 23.8 Å². The van der Waals surface area contributed by atoms with Crippen molar-refractivity contribution in [2.24, 2.45) is 0 Å². The van der Waals surface area contributed by atoms with Crippen molar-refractivity contribution in [2.45, 2.75) is 33.0 Å². The summed E-state index contributed by atoms with van der Waals surface area (Å²) < 4.78 is 16.4. The monoisotopic (exact) mass is 253 g/mol. The molecule has 18 heavy (non-hydrogen) atoms. The second kappa shape index (κ2) is 6.61. The highest BCUT2D eigenvalue weighted by atomic mass is 16.5. The quantitative estimate of drug-likeness (QED) is 0.625. The Kier molecular flexibility index (Phi) is 5.44. The van der Waals surface area contributed by atoms with Gasteiger partial charge in [0.2, 0.25) is 0 Å². The van der Waals surface area contributed by atoms with E-state index in [1.807, 2.05) is 32.9 Å². The first-order chi connectivity index (χ1) is 8.42. The summed E-state index contributed by atoms with van der Waals surface area (Å²) >= 11 is 0. The van der Waals surface area contributed by atoms with Crippen LogP contribution >= 0.6 is 0 Å². The van der Waals surface area contributed by atoms with Gasteiger partial charge in [-0.1, -0.05) is 6.07 Å². The molecule has 1 rings (SSSR count). The largest absolute Gasteiger partial charge is 0.496 e. The van der Waals surface area contributed by atoms with Gasteiger partial charge < -0.3 is 19.9 Å². The van der Waals surface area contributed by atoms with E-state index in [1.54, 1.807) is 13.2 Å². The predicted octanol–water partition coefficient (Wildman–Crippen LogP) is 2.61. The zero-order valence-electron chi connectivity index (χ0n) is 11.7. The second-order valence-corrected chi connectivity index (χ2v) is 5.08. The molecule has 0 bridgehead atoms. The molecule has 4 nitrogen and oxygen atoms in total. The van der Waals surface area contributed by atoms with Gasteiger partial charge >= 0.3 is 0 Å². The van der Waals surface area contributed by atoms with Crippen molar-refractivity contribution < 1.29 is 14.2 Å². The van der Waals surface area contributed by atoms with E-state index in [1.165, 1.54) is 0 Å². The molecule has 4 heteroatoms. The molecule has 1 aromatic rings. The van der Waals surface area contributed by atoms with Crippen LogP contribution in [0.1, 0.15) is 26.3 Å². The van der Waals surface area contributed by atoms with Crippen LogP contribution in [-0.2, 0) is 16.1 Å². The molecule has 0 atom stereocenters. The first-order valence-corrected chi connectivity index (χ1v) is 6.06. The van der Waals surface area contributed by atoms with Crippen molar-refractivity contribution in [1.29, 1.82) is 0 Å². The number of nitrogens with two attached hydrogens (primary N) is 1. The molecule has 0 fully saturated rings. The standard InChI is InChI=1S/C14H23NO3/c1-14(2,3)18-8-7-17-10-11-5-6-12(15)9-13(11)16-4/h5-6,9H,7-8,10,15H2,1-4H3. The molecule has 0 radical (unpaired) electrons. The normalized spacial score (nSPS) is 11.6. The van der Waals surface area contributed by atoms with Gasteiger partial charge in [-0.2, -0.15) is 0 Å². The van der Waals surface area contributed by atoms with Gasteiger partial charge in [-0.05, 0) is 26.8 Å². The predicted molar refractivity (Wildman–Crippen MR) is 72.8 cm³/mol. The molecule has 0 saturated carbocycles. The lowest BCUT2D eigenvalue weighted by Gasteiger charge is -2.19. The molecule has 0 amide bonds. The lowest BCUT2D eigenvalue weighted by atomic mass is 10.2. The Bertz CT molecular complexity index is 372. The van der Waals surface area contributed by atoms with E-state index in [0.717, 1.165) is 11.3 Å². The molecule has 0 aliphatic rings. The third-order valence-electron chi connectivity index (χ3n) is 2.33. The van der Waals surface area contributed by atoms with Gasteiger partial charge in [0.1, 0.15) is 5.75 Å². The van der Waals surface area contributed by atoms with Gasteiger partial charge in [0.15, 0.2) is 0 Å². The Morgan fingerprint density at radius 1 is 1.17 bits per heavy atom. The van der Waals surface area contributed by atoms with E-state index >= 15 is 0 Å². The van der Waals surface area contributed by atoms with E-state index in [4.69, 9.17) is 19.9 Å².